The lowest BCUT2D eigenvalue weighted by Crippen LogP contribution is -2.45. The Kier molecular flexibility index (Phi) is 6.77. The predicted octanol–water partition coefficient (Wildman–Crippen LogP) is 3.63. The molecule has 2 amide bonds. The Morgan fingerprint density at radius 3 is 2.83 bits per heavy atom. The zero-order valence-electron chi connectivity index (χ0n) is 16.6. The van der Waals surface area contributed by atoms with E-state index in [1.54, 1.807) is 0 Å². The van der Waals surface area contributed by atoms with Gasteiger partial charge in [0, 0.05) is 24.0 Å². The van der Waals surface area contributed by atoms with Crippen molar-refractivity contribution in [3.05, 3.63) is 29.0 Å². The summed E-state index contributed by atoms with van der Waals surface area (Å²) in [5, 5.41) is 2.60. The van der Waals surface area contributed by atoms with Gasteiger partial charge in [0.2, 0.25) is 5.91 Å². The second kappa shape index (κ2) is 9.11. The van der Waals surface area contributed by atoms with Crippen LogP contribution in [-0.2, 0) is 19.1 Å². The lowest BCUT2D eigenvalue weighted by molar-refractivity contribution is -0.151. The minimum Gasteiger partial charge on any atom is -0.455 e. The third-order valence-electron chi connectivity index (χ3n) is 6.10. The Labute approximate surface area is 174 Å². The van der Waals surface area contributed by atoms with Gasteiger partial charge in [-0.2, -0.15) is 0 Å². The summed E-state index contributed by atoms with van der Waals surface area (Å²) in [6.07, 6.45) is 3.29. The first kappa shape index (κ1) is 21.6. The first-order valence-corrected chi connectivity index (χ1v) is 10.3. The Balaban J connectivity index is 1.51. The maximum Gasteiger partial charge on any atom is 0.311 e. The zero-order valence-corrected chi connectivity index (χ0v) is 17.4. The van der Waals surface area contributed by atoms with Crippen molar-refractivity contribution in [3.8, 4) is 0 Å². The molecule has 1 saturated heterocycles. The lowest BCUT2D eigenvalue weighted by Gasteiger charge is -2.39. The maximum absolute atomic E-state index is 13.7. The predicted molar refractivity (Wildman–Crippen MR) is 107 cm³/mol. The molecular weight excluding hydrogens is 399 g/mol. The van der Waals surface area contributed by atoms with Gasteiger partial charge in [0.1, 0.15) is 5.82 Å². The topological polar surface area (TPSA) is 75.7 Å². The van der Waals surface area contributed by atoms with Crippen LogP contribution < -0.4 is 5.32 Å². The SMILES string of the molecule is C[C@H]1[C@H](N2C[C@H](C(=O)OCC(=O)Nc3cc(Cl)ccc3F)CC2=O)CCC[C@@H]1C. The van der Waals surface area contributed by atoms with Crippen LogP contribution in [0, 0.1) is 23.6 Å². The number of amides is 2. The fourth-order valence-electron chi connectivity index (χ4n) is 4.24. The number of carbonyl (C=O) groups excluding carboxylic acids is 3. The summed E-state index contributed by atoms with van der Waals surface area (Å²) in [5.41, 5.74) is -0.0822. The number of benzene rings is 1. The van der Waals surface area contributed by atoms with E-state index in [1.165, 1.54) is 12.1 Å². The lowest BCUT2D eigenvalue weighted by atomic mass is 9.77. The van der Waals surface area contributed by atoms with Crippen molar-refractivity contribution >= 4 is 35.1 Å². The van der Waals surface area contributed by atoms with Crippen LogP contribution in [0.15, 0.2) is 18.2 Å². The monoisotopic (exact) mass is 424 g/mol. The third-order valence-corrected chi connectivity index (χ3v) is 6.34. The van der Waals surface area contributed by atoms with Crippen LogP contribution in [0.1, 0.15) is 39.5 Å². The van der Waals surface area contributed by atoms with E-state index in [-0.39, 0.29) is 29.1 Å². The molecule has 6 nitrogen and oxygen atoms in total. The van der Waals surface area contributed by atoms with Crippen molar-refractivity contribution in [1.29, 1.82) is 0 Å². The molecule has 2 aliphatic rings. The molecule has 3 rings (SSSR count). The van der Waals surface area contributed by atoms with E-state index in [0.29, 0.717) is 18.4 Å². The average Bonchev–Trinajstić information content (AvgIpc) is 3.06. The van der Waals surface area contributed by atoms with Gasteiger partial charge in [-0.1, -0.05) is 38.3 Å². The van der Waals surface area contributed by atoms with E-state index < -0.39 is 30.2 Å². The quantitative estimate of drug-likeness (QED) is 0.732. The third kappa shape index (κ3) is 5.07. The van der Waals surface area contributed by atoms with Gasteiger partial charge >= 0.3 is 5.97 Å². The van der Waals surface area contributed by atoms with Crippen molar-refractivity contribution in [2.75, 3.05) is 18.5 Å². The van der Waals surface area contributed by atoms with Crippen molar-refractivity contribution in [2.24, 2.45) is 17.8 Å². The molecule has 1 heterocycles. The van der Waals surface area contributed by atoms with Crippen LogP contribution in [0.5, 0.6) is 0 Å². The van der Waals surface area contributed by atoms with Gasteiger partial charge in [-0.3, -0.25) is 14.4 Å². The molecule has 29 heavy (non-hydrogen) atoms. The molecular formula is C21H26ClFN2O4. The van der Waals surface area contributed by atoms with E-state index >= 15 is 0 Å². The number of nitrogens with zero attached hydrogens (tertiary/aromatic N) is 1. The fraction of sp³-hybridized carbons (Fsp3) is 0.571. The minimum absolute atomic E-state index is 0.0386. The molecule has 0 spiro atoms. The van der Waals surface area contributed by atoms with E-state index in [9.17, 15) is 18.8 Å². The van der Waals surface area contributed by atoms with Crippen molar-refractivity contribution in [1.82, 2.24) is 4.90 Å². The van der Waals surface area contributed by atoms with Gasteiger partial charge in [0.05, 0.1) is 11.6 Å². The highest BCUT2D eigenvalue weighted by Gasteiger charge is 2.42. The van der Waals surface area contributed by atoms with Crippen LogP contribution in [0.3, 0.4) is 0 Å². The molecule has 1 aromatic carbocycles. The van der Waals surface area contributed by atoms with Crippen LogP contribution in [0.4, 0.5) is 10.1 Å². The summed E-state index contributed by atoms with van der Waals surface area (Å²) in [6.45, 7) is 4.13. The smallest absolute Gasteiger partial charge is 0.311 e. The molecule has 1 aromatic rings. The molecule has 0 aromatic heterocycles. The van der Waals surface area contributed by atoms with E-state index in [0.717, 1.165) is 25.3 Å². The van der Waals surface area contributed by atoms with Crippen LogP contribution in [0.25, 0.3) is 0 Å². The highest BCUT2D eigenvalue weighted by atomic mass is 35.5. The summed E-state index contributed by atoms with van der Waals surface area (Å²) >= 11 is 5.78. The van der Waals surface area contributed by atoms with Gasteiger partial charge in [-0.05, 0) is 36.5 Å². The van der Waals surface area contributed by atoms with E-state index in [1.807, 2.05) is 4.90 Å². The van der Waals surface area contributed by atoms with Gasteiger partial charge in [-0.15, -0.1) is 0 Å². The number of carbonyl (C=O) groups is 3. The molecule has 0 unspecified atom stereocenters. The summed E-state index contributed by atoms with van der Waals surface area (Å²) in [4.78, 5) is 38.6. The summed E-state index contributed by atoms with van der Waals surface area (Å²) in [6, 6.07) is 3.92. The Bertz CT molecular complexity index is 803. The van der Waals surface area contributed by atoms with Gasteiger partial charge < -0.3 is 15.0 Å². The van der Waals surface area contributed by atoms with Crippen LogP contribution in [0.2, 0.25) is 5.02 Å². The van der Waals surface area contributed by atoms with E-state index in [4.69, 9.17) is 16.3 Å². The normalized spacial score (nSPS) is 27.0. The molecule has 4 atom stereocenters. The molecule has 1 saturated carbocycles. The first-order chi connectivity index (χ1) is 13.8. The minimum atomic E-state index is -0.671. The largest absolute Gasteiger partial charge is 0.455 e. The Hall–Kier alpha value is -2.15. The van der Waals surface area contributed by atoms with Gasteiger partial charge in [0.25, 0.3) is 5.91 Å². The van der Waals surface area contributed by atoms with Gasteiger partial charge in [-0.25, -0.2) is 4.39 Å². The molecule has 1 N–H and O–H groups in total. The summed E-state index contributed by atoms with van der Waals surface area (Å²) in [5.74, 6) is -1.58. The number of ether oxygens (including phenoxy) is 1. The molecule has 1 aliphatic carbocycles. The Morgan fingerprint density at radius 2 is 2.07 bits per heavy atom. The number of hydrogen-bond acceptors (Lipinski definition) is 4. The molecule has 2 fully saturated rings. The van der Waals surface area contributed by atoms with Crippen molar-refractivity contribution < 1.29 is 23.5 Å². The number of rotatable bonds is 5. The number of hydrogen-bond donors (Lipinski definition) is 1. The van der Waals surface area contributed by atoms with Crippen LogP contribution in [-0.4, -0.2) is 41.9 Å². The van der Waals surface area contributed by atoms with Crippen molar-refractivity contribution in [2.45, 2.75) is 45.6 Å². The number of halogens is 2. The maximum atomic E-state index is 13.7. The summed E-state index contributed by atoms with van der Waals surface area (Å²) < 4.78 is 18.7. The number of nitrogens with one attached hydrogen (secondary N) is 1. The fourth-order valence-corrected chi connectivity index (χ4v) is 4.41. The highest BCUT2D eigenvalue weighted by Crippen LogP contribution is 2.35. The number of esters is 1. The second-order valence-corrected chi connectivity index (χ2v) is 8.50. The Morgan fingerprint density at radius 1 is 1.31 bits per heavy atom. The second-order valence-electron chi connectivity index (χ2n) is 8.06. The van der Waals surface area contributed by atoms with Crippen LogP contribution >= 0.6 is 11.6 Å². The molecule has 158 valence electrons. The molecule has 0 bridgehead atoms. The van der Waals surface area contributed by atoms with Gasteiger partial charge in [0.15, 0.2) is 6.61 Å². The summed E-state index contributed by atoms with van der Waals surface area (Å²) in [7, 11) is 0. The molecule has 1 aliphatic heterocycles. The van der Waals surface area contributed by atoms with Crippen molar-refractivity contribution in [3.63, 3.8) is 0 Å². The number of likely N-dealkylation sites (tertiary alicyclic amines) is 1. The standard InChI is InChI=1S/C21H26ClFN2O4/c1-12-4-3-5-18(13(12)2)25-10-14(8-20(25)27)21(28)29-11-19(26)24-17-9-15(22)6-7-16(17)23/h6-7,9,12-14,18H,3-5,8,10-11H2,1-2H3,(H,24,26)/t12-,13+,14+,18+/m0/s1. The first-order valence-electron chi connectivity index (χ1n) is 9.97. The molecule has 0 radical (unpaired) electrons. The number of anilines is 1. The average molecular weight is 425 g/mol. The zero-order chi connectivity index (χ0) is 21.1. The highest BCUT2D eigenvalue weighted by molar-refractivity contribution is 6.30. The molecule has 8 heteroatoms. The van der Waals surface area contributed by atoms with E-state index in [2.05, 4.69) is 19.2 Å².